The van der Waals surface area contributed by atoms with Crippen molar-refractivity contribution in [1.29, 1.82) is 0 Å². The molecule has 0 aliphatic carbocycles. The van der Waals surface area contributed by atoms with Gasteiger partial charge in [-0.2, -0.15) is 0 Å². The number of nitrogens with one attached hydrogen (secondary N) is 1. The Hall–Kier alpha value is -2.12. The minimum absolute atomic E-state index is 0.261. The molecule has 0 radical (unpaired) electrons. The topological polar surface area (TPSA) is 65.5 Å². The van der Waals surface area contributed by atoms with Gasteiger partial charge in [0.1, 0.15) is 10.7 Å². The van der Waals surface area contributed by atoms with E-state index in [2.05, 4.69) is 51.3 Å². The van der Waals surface area contributed by atoms with Gasteiger partial charge in [-0.3, -0.25) is 4.90 Å². The molecule has 2 aromatic rings. The van der Waals surface area contributed by atoms with Crippen molar-refractivity contribution in [3.05, 3.63) is 48.2 Å². The van der Waals surface area contributed by atoms with E-state index in [4.69, 9.17) is 0 Å². The number of nitrogens with zero attached hydrogens (tertiary/aromatic N) is 3. The first-order chi connectivity index (χ1) is 12.9. The Kier molecular flexibility index (Phi) is 6.34. The van der Waals surface area contributed by atoms with Gasteiger partial charge in [0.05, 0.1) is 0 Å². The number of aryl methyl sites for hydroxylation is 1. The third-order valence-corrected chi connectivity index (χ3v) is 5.98. The fourth-order valence-corrected chi connectivity index (χ4v) is 4.19. The van der Waals surface area contributed by atoms with Gasteiger partial charge in [0.15, 0.2) is 9.84 Å². The lowest BCUT2D eigenvalue weighted by molar-refractivity contribution is 0.257. The summed E-state index contributed by atoms with van der Waals surface area (Å²) in [5, 5.41) is 3.17. The number of benzene rings is 1. The van der Waals surface area contributed by atoms with Crippen molar-refractivity contribution in [2.45, 2.75) is 18.2 Å². The molecule has 1 aromatic heterocycles. The van der Waals surface area contributed by atoms with E-state index in [1.165, 1.54) is 17.5 Å². The second kappa shape index (κ2) is 8.71. The Morgan fingerprint density at radius 1 is 1.11 bits per heavy atom. The highest BCUT2D eigenvalue weighted by Gasteiger charge is 2.17. The number of hydrogen-bond donors (Lipinski definition) is 1. The molecule has 0 amide bonds. The average molecular weight is 389 g/mol. The summed E-state index contributed by atoms with van der Waals surface area (Å²) in [5.41, 5.74) is 2.60. The van der Waals surface area contributed by atoms with Gasteiger partial charge in [0.25, 0.3) is 0 Å². The van der Waals surface area contributed by atoms with Crippen molar-refractivity contribution >= 4 is 21.3 Å². The van der Waals surface area contributed by atoms with Crippen LogP contribution in [0.1, 0.15) is 12.0 Å². The second-order valence-electron chi connectivity index (χ2n) is 7.07. The highest BCUT2D eigenvalue weighted by atomic mass is 32.2. The van der Waals surface area contributed by atoms with Gasteiger partial charge in [-0.1, -0.05) is 12.1 Å². The molecule has 7 heteroatoms. The number of sulfone groups is 1. The number of rotatable bonds is 7. The molecule has 6 nitrogen and oxygen atoms in total. The van der Waals surface area contributed by atoms with E-state index in [0.29, 0.717) is 12.4 Å². The van der Waals surface area contributed by atoms with Crippen LogP contribution in [0.25, 0.3) is 0 Å². The lowest BCUT2D eigenvalue weighted by atomic mass is 10.2. The molecule has 1 aliphatic heterocycles. The van der Waals surface area contributed by atoms with E-state index in [1.807, 2.05) is 0 Å². The third-order valence-electron chi connectivity index (χ3n) is 4.85. The average Bonchev–Trinajstić information content (AvgIpc) is 2.65. The molecule has 1 aliphatic rings. The van der Waals surface area contributed by atoms with Gasteiger partial charge in [0, 0.05) is 50.9 Å². The van der Waals surface area contributed by atoms with Gasteiger partial charge in [-0.05, 0) is 49.7 Å². The van der Waals surface area contributed by atoms with Crippen LogP contribution < -0.4 is 10.2 Å². The first-order valence-electron chi connectivity index (χ1n) is 9.36. The molecular weight excluding hydrogens is 360 g/mol. The van der Waals surface area contributed by atoms with E-state index in [1.54, 1.807) is 18.3 Å². The predicted octanol–water partition coefficient (Wildman–Crippen LogP) is 2.42. The molecular formula is C20H28N4O2S. The van der Waals surface area contributed by atoms with Crippen LogP contribution in [0.4, 0.5) is 11.5 Å². The number of piperazine rings is 1. The maximum absolute atomic E-state index is 11.8. The summed E-state index contributed by atoms with van der Waals surface area (Å²) in [6.45, 7) is 8.00. The van der Waals surface area contributed by atoms with Crippen molar-refractivity contribution in [3.8, 4) is 0 Å². The molecule has 0 atom stereocenters. The lowest BCUT2D eigenvalue weighted by Gasteiger charge is -2.36. The van der Waals surface area contributed by atoms with Gasteiger partial charge in [0.2, 0.25) is 0 Å². The number of hydrogen-bond acceptors (Lipinski definition) is 6. The van der Waals surface area contributed by atoms with Gasteiger partial charge in [-0.25, -0.2) is 13.4 Å². The number of pyridine rings is 1. The molecule has 3 rings (SSSR count). The number of aromatic nitrogens is 1. The fraction of sp³-hybridized carbons (Fsp3) is 0.450. The summed E-state index contributed by atoms with van der Waals surface area (Å²) in [4.78, 5) is 9.33. The maximum atomic E-state index is 11.8. The van der Waals surface area contributed by atoms with E-state index >= 15 is 0 Å². The van der Waals surface area contributed by atoms with Crippen molar-refractivity contribution in [2.75, 3.05) is 55.7 Å². The Morgan fingerprint density at radius 3 is 2.59 bits per heavy atom. The zero-order valence-corrected chi connectivity index (χ0v) is 16.9. The van der Waals surface area contributed by atoms with E-state index in [0.717, 1.165) is 39.1 Å². The van der Waals surface area contributed by atoms with Crippen LogP contribution in [-0.4, -0.2) is 63.8 Å². The van der Waals surface area contributed by atoms with E-state index in [-0.39, 0.29) is 4.90 Å². The fourth-order valence-electron chi connectivity index (χ4n) is 3.39. The van der Waals surface area contributed by atoms with Crippen LogP contribution in [-0.2, 0) is 9.84 Å². The monoisotopic (exact) mass is 388 g/mol. The van der Waals surface area contributed by atoms with Crippen LogP contribution in [0, 0.1) is 6.92 Å². The zero-order valence-electron chi connectivity index (χ0n) is 16.1. The Labute approximate surface area is 162 Å². The smallest absolute Gasteiger partial charge is 0.179 e. The molecule has 1 fully saturated rings. The predicted molar refractivity (Wildman–Crippen MR) is 110 cm³/mol. The van der Waals surface area contributed by atoms with Crippen LogP contribution in [0.5, 0.6) is 0 Å². The van der Waals surface area contributed by atoms with Crippen LogP contribution in [0.3, 0.4) is 0 Å². The normalized spacial score (nSPS) is 15.7. The summed E-state index contributed by atoms with van der Waals surface area (Å²) in [7, 11) is -3.27. The molecule has 0 bridgehead atoms. The maximum Gasteiger partial charge on any atom is 0.179 e. The highest BCUT2D eigenvalue weighted by molar-refractivity contribution is 7.90. The Bertz CT molecular complexity index is 862. The number of anilines is 2. The first kappa shape index (κ1) is 19.6. The highest BCUT2D eigenvalue weighted by Crippen LogP contribution is 2.19. The first-order valence-corrected chi connectivity index (χ1v) is 11.3. The van der Waals surface area contributed by atoms with Crippen LogP contribution in [0.15, 0.2) is 47.5 Å². The van der Waals surface area contributed by atoms with Crippen molar-refractivity contribution < 1.29 is 8.42 Å². The van der Waals surface area contributed by atoms with Crippen molar-refractivity contribution in [2.24, 2.45) is 0 Å². The van der Waals surface area contributed by atoms with Gasteiger partial charge >= 0.3 is 0 Å². The van der Waals surface area contributed by atoms with Crippen molar-refractivity contribution in [3.63, 3.8) is 0 Å². The summed E-state index contributed by atoms with van der Waals surface area (Å²) in [6.07, 6.45) is 3.77. The lowest BCUT2D eigenvalue weighted by Crippen LogP contribution is -2.46. The van der Waals surface area contributed by atoms with Crippen molar-refractivity contribution in [1.82, 2.24) is 9.88 Å². The quantitative estimate of drug-likeness (QED) is 0.735. The van der Waals surface area contributed by atoms with Crippen LogP contribution >= 0.6 is 0 Å². The largest absolute Gasteiger partial charge is 0.369 e. The molecule has 27 heavy (non-hydrogen) atoms. The third kappa shape index (κ3) is 5.43. The summed E-state index contributed by atoms with van der Waals surface area (Å²) in [6, 6.07) is 11.9. The summed E-state index contributed by atoms with van der Waals surface area (Å²) >= 11 is 0. The zero-order chi connectivity index (χ0) is 19.3. The van der Waals surface area contributed by atoms with Gasteiger partial charge < -0.3 is 10.2 Å². The minimum atomic E-state index is -3.27. The van der Waals surface area contributed by atoms with Crippen LogP contribution in [0.2, 0.25) is 0 Å². The molecule has 0 spiro atoms. The molecule has 1 saturated heterocycles. The standard InChI is InChI=1S/C20H28N4O2S/c1-17-6-3-7-18(16-17)24-14-12-23(13-15-24)11-5-10-22-20-19(27(2,25)26)8-4-9-21-20/h3-4,6-9,16H,5,10-15H2,1-2H3,(H,21,22). The van der Waals surface area contributed by atoms with Gasteiger partial charge in [-0.15, -0.1) is 0 Å². The molecule has 0 unspecified atom stereocenters. The molecule has 0 saturated carbocycles. The minimum Gasteiger partial charge on any atom is -0.369 e. The molecule has 1 aromatic carbocycles. The summed E-state index contributed by atoms with van der Waals surface area (Å²) in [5.74, 6) is 0.448. The molecule has 146 valence electrons. The molecule has 2 heterocycles. The molecule has 1 N–H and O–H groups in total. The SMILES string of the molecule is Cc1cccc(N2CCN(CCCNc3ncccc3S(C)(=O)=O)CC2)c1. The van der Waals surface area contributed by atoms with E-state index in [9.17, 15) is 8.42 Å². The second-order valence-corrected chi connectivity index (χ2v) is 9.05. The Morgan fingerprint density at radius 2 is 1.89 bits per heavy atom. The Balaban J connectivity index is 1.43. The summed E-state index contributed by atoms with van der Waals surface area (Å²) < 4.78 is 23.6. The van der Waals surface area contributed by atoms with E-state index < -0.39 is 9.84 Å².